The summed E-state index contributed by atoms with van der Waals surface area (Å²) in [5.74, 6) is 1.05. The van der Waals surface area contributed by atoms with Crippen molar-refractivity contribution in [1.82, 2.24) is 0 Å². The van der Waals surface area contributed by atoms with Crippen LogP contribution in [0.15, 0.2) is 0 Å². The highest BCUT2D eigenvalue weighted by Gasteiger charge is 2.57. The van der Waals surface area contributed by atoms with Crippen LogP contribution in [0.25, 0.3) is 0 Å². The van der Waals surface area contributed by atoms with Gasteiger partial charge < -0.3 is 0 Å². The van der Waals surface area contributed by atoms with Crippen molar-refractivity contribution in [3.8, 4) is 0 Å². The molecule has 0 saturated carbocycles. The minimum atomic E-state index is -1.35. The molecule has 8 atom stereocenters. The van der Waals surface area contributed by atoms with E-state index in [0.717, 1.165) is 77.0 Å². The monoisotopic (exact) mass is 659 g/mol. The van der Waals surface area contributed by atoms with Crippen LogP contribution in [-0.4, -0.2) is 17.0 Å². The number of rotatable bonds is 24. The van der Waals surface area contributed by atoms with E-state index in [1.54, 1.807) is 0 Å². The van der Waals surface area contributed by atoms with E-state index in [1.807, 2.05) is 20.8 Å². The van der Waals surface area contributed by atoms with Gasteiger partial charge in [-0.05, 0) is 94.3 Å². The second kappa shape index (κ2) is 18.2. The maximum atomic E-state index is 17.5. The van der Waals surface area contributed by atoms with Gasteiger partial charge in [0.15, 0.2) is 0 Å². The SMILES string of the molecule is CCC(CC)[C@@](C)(F)C(CC)CCCCC(C)(CC)C(C)(F)C(C)(CC)CCCC(C)C(C)(C(C)C)[C@@](C)(F)C(C(C)C)C(C)C. The van der Waals surface area contributed by atoms with Gasteiger partial charge in [0.2, 0.25) is 0 Å². The lowest BCUT2D eigenvalue weighted by molar-refractivity contribution is -0.124. The van der Waals surface area contributed by atoms with E-state index < -0.39 is 33.3 Å². The highest BCUT2D eigenvalue weighted by Crippen LogP contribution is 2.58. The van der Waals surface area contributed by atoms with Crippen molar-refractivity contribution in [3.05, 3.63) is 0 Å². The molecule has 0 aliphatic rings. The van der Waals surface area contributed by atoms with Crippen molar-refractivity contribution in [3.63, 3.8) is 0 Å². The van der Waals surface area contributed by atoms with Crippen molar-refractivity contribution >= 4 is 0 Å². The van der Waals surface area contributed by atoms with Crippen LogP contribution in [-0.2, 0) is 0 Å². The van der Waals surface area contributed by atoms with Crippen LogP contribution < -0.4 is 0 Å². The van der Waals surface area contributed by atoms with Crippen LogP contribution in [0.4, 0.5) is 13.2 Å². The Hall–Kier alpha value is -0.210. The summed E-state index contributed by atoms with van der Waals surface area (Å²) in [6.07, 6.45) is 10.4. The lowest BCUT2D eigenvalue weighted by atomic mass is 9.53. The third-order valence-electron chi connectivity index (χ3n) is 15.1. The summed E-state index contributed by atoms with van der Waals surface area (Å²) in [4.78, 5) is 0. The molecule has 0 nitrogen and oxygen atoms in total. The van der Waals surface area contributed by atoms with Gasteiger partial charge >= 0.3 is 0 Å². The molecule has 0 aliphatic carbocycles. The van der Waals surface area contributed by atoms with Gasteiger partial charge in [-0.2, -0.15) is 0 Å². The van der Waals surface area contributed by atoms with E-state index in [-0.39, 0.29) is 41.4 Å². The highest BCUT2D eigenvalue weighted by atomic mass is 19.2. The summed E-state index contributed by atoms with van der Waals surface area (Å²) >= 11 is 0. The van der Waals surface area contributed by atoms with Gasteiger partial charge in [-0.3, -0.25) is 0 Å². The van der Waals surface area contributed by atoms with Crippen molar-refractivity contribution in [1.29, 1.82) is 0 Å². The molecule has 0 fully saturated rings. The number of halogens is 3. The summed E-state index contributed by atoms with van der Waals surface area (Å²) < 4.78 is 50.6. The second-order valence-electron chi connectivity index (χ2n) is 18.2. The van der Waals surface area contributed by atoms with Crippen molar-refractivity contribution in [2.75, 3.05) is 0 Å². The zero-order valence-electron chi connectivity index (χ0n) is 34.7. The van der Waals surface area contributed by atoms with Crippen LogP contribution in [0.2, 0.25) is 0 Å². The van der Waals surface area contributed by atoms with Crippen molar-refractivity contribution in [2.24, 2.45) is 57.7 Å². The molecule has 0 heterocycles. The molecule has 0 rings (SSSR count). The molecular formula is C43H85F3. The number of alkyl halides is 3. The first-order valence-corrected chi connectivity index (χ1v) is 20.0. The Morgan fingerprint density at radius 2 is 0.935 bits per heavy atom. The fraction of sp³-hybridized carbons (Fsp3) is 1.00. The van der Waals surface area contributed by atoms with Crippen molar-refractivity contribution < 1.29 is 13.2 Å². The van der Waals surface area contributed by atoms with Gasteiger partial charge in [-0.1, -0.05) is 149 Å². The van der Waals surface area contributed by atoms with Gasteiger partial charge in [0.25, 0.3) is 0 Å². The van der Waals surface area contributed by atoms with Gasteiger partial charge in [-0.25, -0.2) is 13.2 Å². The van der Waals surface area contributed by atoms with E-state index in [4.69, 9.17) is 0 Å². The Morgan fingerprint density at radius 1 is 0.522 bits per heavy atom. The Kier molecular flexibility index (Phi) is 18.1. The number of hydrogen-bond donors (Lipinski definition) is 0. The van der Waals surface area contributed by atoms with Crippen LogP contribution in [0.5, 0.6) is 0 Å². The Morgan fingerprint density at radius 3 is 1.28 bits per heavy atom. The molecule has 0 saturated heterocycles. The van der Waals surface area contributed by atoms with E-state index in [9.17, 15) is 0 Å². The highest BCUT2D eigenvalue weighted by molar-refractivity contribution is 5.05. The average molecular weight is 659 g/mol. The molecule has 0 bridgehead atoms. The Bertz CT molecular complexity index is 829. The second-order valence-corrected chi connectivity index (χ2v) is 18.2. The first-order valence-electron chi connectivity index (χ1n) is 20.0. The summed E-state index contributed by atoms with van der Waals surface area (Å²) in [5, 5.41) is 0. The zero-order chi connectivity index (χ0) is 36.5. The average Bonchev–Trinajstić information content (AvgIpc) is 2.95. The lowest BCUT2D eigenvalue weighted by Crippen LogP contribution is -2.55. The lowest BCUT2D eigenvalue weighted by Gasteiger charge is -2.54. The van der Waals surface area contributed by atoms with Gasteiger partial charge in [0, 0.05) is 16.2 Å². The quantitative estimate of drug-likeness (QED) is 0.0905. The number of hydrogen-bond acceptors (Lipinski definition) is 0. The fourth-order valence-electron chi connectivity index (χ4n) is 10.5. The van der Waals surface area contributed by atoms with Gasteiger partial charge in [0.05, 0.1) is 0 Å². The molecule has 3 heteroatoms. The summed E-state index contributed by atoms with van der Waals surface area (Å²) in [7, 11) is 0. The van der Waals surface area contributed by atoms with Crippen LogP contribution >= 0.6 is 0 Å². The smallest absolute Gasteiger partial charge is 0.118 e. The summed E-state index contributed by atoms with van der Waals surface area (Å²) in [5.41, 5.74) is -5.21. The van der Waals surface area contributed by atoms with Crippen LogP contribution in [0, 0.1) is 57.7 Å². The Balaban J connectivity index is 5.85. The maximum Gasteiger partial charge on any atom is 0.118 e. The zero-order valence-corrected chi connectivity index (χ0v) is 34.7. The maximum absolute atomic E-state index is 17.5. The molecule has 0 N–H and O–H groups in total. The normalized spacial score (nSPS) is 22.3. The molecule has 46 heavy (non-hydrogen) atoms. The predicted molar refractivity (Wildman–Crippen MR) is 201 cm³/mol. The molecule has 0 aromatic carbocycles. The number of unbranched alkanes of at least 4 members (excludes halogenated alkanes) is 1. The van der Waals surface area contributed by atoms with E-state index in [2.05, 4.69) is 104 Å². The summed E-state index contributed by atoms with van der Waals surface area (Å²) in [6, 6.07) is 0. The standard InChI is InChI=1S/C43H85F3/c1-19-35(20-2)41(16,44)36(21-3)28-24-25-29-38(13,22-4)43(18,46)39(14,23-5)30-26-27-34(12)40(15,33(10)11)42(17,45)37(31(6)7)32(8)9/h31-37H,19-30H2,1-18H3/t34?,36?,38?,39?,40?,41-,42+,43?/m1/s1. The topological polar surface area (TPSA) is 0 Å². The van der Waals surface area contributed by atoms with Gasteiger partial charge in [0.1, 0.15) is 17.0 Å². The molecule has 0 aromatic heterocycles. The Labute approximate surface area is 289 Å². The van der Waals surface area contributed by atoms with Crippen LogP contribution in [0.3, 0.4) is 0 Å². The van der Waals surface area contributed by atoms with Crippen LogP contribution in [0.1, 0.15) is 202 Å². The first kappa shape index (κ1) is 45.8. The van der Waals surface area contributed by atoms with E-state index in [0.29, 0.717) is 0 Å². The third-order valence-corrected chi connectivity index (χ3v) is 15.1. The minimum Gasteiger partial charge on any atom is -0.244 e. The molecule has 0 aromatic rings. The molecule has 0 spiro atoms. The molecule has 0 aliphatic heterocycles. The molecule has 0 amide bonds. The van der Waals surface area contributed by atoms with E-state index in [1.165, 1.54) is 0 Å². The fourth-order valence-corrected chi connectivity index (χ4v) is 10.5. The van der Waals surface area contributed by atoms with Gasteiger partial charge in [-0.15, -0.1) is 0 Å². The molecular weight excluding hydrogens is 573 g/mol. The minimum absolute atomic E-state index is 0.0198. The molecule has 0 radical (unpaired) electrons. The first-order chi connectivity index (χ1) is 20.9. The molecule has 6 unspecified atom stereocenters. The third kappa shape index (κ3) is 9.52. The van der Waals surface area contributed by atoms with Crippen molar-refractivity contribution in [2.45, 2.75) is 219 Å². The summed E-state index contributed by atoms with van der Waals surface area (Å²) in [6.45, 7) is 38.0. The predicted octanol–water partition coefficient (Wildman–Crippen LogP) is 15.4. The largest absolute Gasteiger partial charge is 0.244 e. The van der Waals surface area contributed by atoms with E-state index >= 15 is 13.2 Å². The molecule has 278 valence electrons.